The topological polar surface area (TPSA) is 77.5 Å². The molecule has 0 saturated heterocycles. The molecule has 0 aliphatic carbocycles. The molecule has 1 heterocycles. The number of ether oxygens (including phenoxy) is 2. The molecule has 1 amide bonds. The van der Waals surface area contributed by atoms with E-state index in [-0.39, 0.29) is 0 Å². The zero-order valence-corrected chi connectivity index (χ0v) is 18.6. The first-order valence-corrected chi connectivity index (χ1v) is 10.6. The molecule has 0 bridgehead atoms. The summed E-state index contributed by atoms with van der Waals surface area (Å²) >= 11 is 6.33. The second-order valence-electron chi connectivity index (χ2n) is 7.25. The van der Waals surface area contributed by atoms with E-state index in [1.54, 1.807) is 25.3 Å². The number of nitrogens with zero attached hydrogens (tertiary/aromatic N) is 1. The van der Waals surface area contributed by atoms with Crippen molar-refractivity contribution in [2.24, 2.45) is 0 Å². The average molecular weight is 461 g/mol. The first kappa shape index (κ1) is 22.3. The van der Waals surface area contributed by atoms with Gasteiger partial charge in [0.05, 0.1) is 23.9 Å². The lowest BCUT2D eigenvalue weighted by atomic mass is 10.0. The van der Waals surface area contributed by atoms with Crippen molar-refractivity contribution in [2.75, 3.05) is 13.7 Å². The van der Waals surface area contributed by atoms with E-state index < -0.39 is 18.5 Å². The number of amides is 1. The highest BCUT2D eigenvalue weighted by atomic mass is 35.5. The summed E-state index contributed by atoms with van der Waals surface area (Å²) in [5.74, 6) is -0.273. The summed E-state index contributed by atoms with van der Waals surface area (Å²) in [6, 6.07) is 23.5. The molecule has 0 fully saturated rings. The normalized spacial score (nSPS) is 10.6. The van der Waals surface area contributed by atoms with Crippen molar-refractivity contribution in [1.82, 2.24) is 10.3 Å². The Morgan fingerprint density at radius 1 is 0.970 bits per heavy atom. The summed E-state index contributed by atoms with van der Waals surface area (Å²) in [4.78, 5) is 29.8. The Kier molecular flexibility index (Phi) is 6.86. The average Bonchev–Trinajstić information content (AvgIpc) is 2.86. The van der Waals surface area contributed by atoms with Gasteiger partial charge in [-0.1, -0.05) is 60.1 Å². The number of hydrogen-bond donors (Lipinski definition) is 1. The van der Waals surface area contributed by atoms with Crippen molar-refractivity contribution in [1.29, 1.82) is 0 Å². The van der Waals surface area contributed by atoms with E-state index in [1.165, 1.54) is 0 Å². The zero-order chi connectivity index (χ0) is 23.2. The van der Waals surface area contributed by atoms with Crippen molar-refractivity contribution >= 4 is 34.4 Å². The van der Waals surface area contributed by atoms with Crippen LogP contribution in [0.5, 0.6) is 5.75 Å². The van der Waals surface area contributed by atoms with Crippen LogP contribution in [0.15, 0.2) is 78.9 Å². The predicted molar refractivity (Wildman–Crippen MR) is 127 cm³/mol. The van der Waals surface area contributed by atoms with Gasteiger partial charge in [-0.3, -0.25) is 4.79 Å². The van der Waals surface area contributed by atoms with E-state index in [2.05, 4.69) is 10.3 Å². The molecule has 0 radical (unpaired) electrons. The molecule has 4 aromatic rings. The second kappa shape index (κ2) is 10.1. The number of methoxy groups -OCH3 is 1. The van der Waals surface area contributed by atoms with Gasteiger partial charge >= 0.3 is 5.97 Å². The van der Waals surface area contributed by atoms with Gasteiger partial charge < -0.3 is 14.8 Å². The van der Waals surface area contributed by atoms with Gasteiger partial charge in [0.25, 0.3) is 5.91 Å². The second-order valence-corrected chi connectivity index (χ2v) is 7.66. The molecule has 0 unspecified atom stereocenters. The molecule has 0 atom stereocenters. The number of rotatable bonds is 7. The predicted octanol–water partition coefficient (Wildman–Crippen LogP) is 5.04. The van der Waals surface area contributed by atoms with Gasteiger partial charge in [-0.25, -0.2) is 9.78 Å². The Hall–Kier alpha value is -3.90. The highest BCUT2D eigenvalue weighted by Gasteiger charge is 2.17. The van der Waals surface area contributed by atoms with Crippen LogP contribution in [0, 0.1) is 0 Å². The summed E-state index contributed by atoms with van der Waals surface area (Å²) < 4.78 is 10.4. The third-order valence-corrected chi connectivity index (χ3v) is 5.40. The zero-order valence-electron chi connectivity index (χ0n) is 17.9. The number of aromatic nitrogens is 1. The molecular weight excluding hydrogens is 440 g/mol. The summed E-state index contributed by atoms with van der Waals surface area (Å²) in [7, 11) is 1.59. The molecule has 3 aromatic carbocycles. The highest BCUT2D eigenvalue weighted by molar-refractivity contribution is 6.33. The van der Waals surface area contributed by atoms with Crippen LogP contribution in [0.3, 0.4) is 0 Å². The van der Waals surface area contributed by atoms with Crippen molar-refractivity contribution in [3.8, 4) is 17.0 Å². The van der Waals surface area contributed by atoms with E-state index >= 15 is 0 Å². The molecular formula is C26H21ClN2O4. The van der Waals surface area contributed by atoms with E-state index in [9.17, 15) is 9.59 Å². The number of carbonyl (C=O) groups excluding carboxylic acids is 2. The molecule has 0 saturated carbocycles. The highest BCUT2D eigenvalue weighted by Crippen LogP contribution is 2.30. The van der Waals surface area contributed by atoms with E-state index in [1.807, 2.05) is 60.7 Å². The number of hydrogen-bond acceptors (Lipinski definition) is 5. The summed E-state index contributed by atoms with van der Waals surface area (Å²) in [6.45, 7) is -0.0811. The van der Waals surface area contributed by atoms with Crippen LogP contribution in [0.2, 0.25) is 5.02 Å². The van der Waals surface area contributed by atoms with E-state index in [0.29, 0.717) is 39.3 Å². The van der Waals surface area contributed by atoms with Gasteiger partial charge in [0, 0.05) is 22.5 Å². The quantitative estimate of drug-likeness (QED) is 0.391. The summed E-state index contributed by atoms with van der Waals surface area (Å²) in [6.07, 6.45) is 0. The molecule has 166 valence electrons. The molecule has 0 aliphatic heterocycles. The lowest BCUT2D eigenvalue weighted by Crippen LogP contribution is -2.28. The summed E-state index contributed by atoms with van der Waals surface area (Å²) in [5, 5.41) is 3.90. The smallest absolute Gasteiger partial charge is 0.339 e. The Balaban J connectivity index is 1.48. The lowest BCUT2D eigenvalue weighted by Gasteiger charge is -2.11. The molecule has 33 heavy (non-hydrogen) atoms. The van der Waals surface area contributed by atoms with E-state index in [4.69, 9.17) is 21.1 Å². The minimum absolute atomic E-state index is 0.315. The van der Waals surface area contributed by atoms with Gasteiger partial charge in [0.2, 0.25) is 0 Å². The Morgan fingerprint density at radius 3 is 2.45 bits per heavy atom. The van der Waals surface area contributed by atoms with Crippen molar-refractivity contribution in [3.63, 3.8) is 0 Å². The van der Waals surface area contributed by atoms with Crippen molar-refractivity contribution in [2.45, 2.75) is 6.54 Å². The van der Waals surface area contributed by atoms with Crippen LogP contribution < -0.4 is 10.1 Å². The largest absolute Gasteiger partial charge is 0.497 e. The van der Waals surface area contributed by atoms with Crippen LogP contribution in [-0.4, -0.2) is 30.6 Å². The SMILES string of the molecule is COc1ccc(CNC(=O)COC(=O)c2cc(-c3ccccc3Cl)nc3ccccc23)cc1. The Morgan fingerprint density at radius 2 is 1.70 bits per heavy atom. The fraction of sp³-hybridized carbons (Fsp3) is 0.115. The maximum absolute atomic E-state index is 12.9. The molecule has 0 aliphatic rings. The lowest BCUT2D eigenvalue weighted by molar-refractivity contribution is -0.124. The van der Waals surface area contributed by atoms with Crippen molar-refractivity contribution < 1.29 is 19.1 Å². The Bertz CT molecular complexity index is 1310. The molecule has 7 heteroatoms. The maximum Gasteiger partial charge on any atom is 0.339 e. The third kappa shape index (κ3) is 5.30. The van der Waals surface area contributed by atoms with Crippen LogP contribution in [-0.2, 0) is 16.1 Å². The molecule has 6 nitrogen and oxygen atoms in total. The number of pyridine rings is 1. The standard InChI is InChI=1S/C26H21ClN2O4/c1-32-18-12-10-17(11-13-18)15-28-25(30)16-33-26(31)21-14-24(20-7-2-4-8-22(20)27)29-23-9-5-3-6-19(21)23/h2-14H,15-16H2,1H3,(H,28,30). The van der Waals surface area contributed by atoms with Crippen LogP contribution in [0.1, 0.15) is 15.9 Å². The molecule has 4 rings (SSSR count). The number of fused-ring (bicyclic) bond motifs is 1. The van der Waals surface area contributed by atoms with Gasteiger partial charge in [-0.15, -0.1) is 0 Å². The van der Waals surface area contributed by atoms with Crippen LogP contribution >= 0.6 is 11.6 Å². The minimum Gasteiger partial charge on any atom is -0.497 e. The van der Waals surface area contributed by atoms with Gasteiger partial charge in [-0.05, 0) is 35.9 Å². The first-order valence-electron chi connectivity index (χ1n) is 10.3. The van der Waals surface area contributed by atoms with Gasteiger partial charge in [-0.2, -0.15) is 0 Å². The Labute approximate surface area is 196 Å². The van der Waals surface area contributed by atoms with Crippen LogP contribution in [0.25, 0.3) is 22.2 Å². The number of benzene rings is 3. The van der Waals surface area contributed by atoms with E-state index in [0.717, 1.165) is 11.3 Å². The number of nitrogens with one attached hydrogen (secondary N) is 1. The minimum atomic E-state index is -0.610. The molecule has 1 aromatic heterocycles. The van der Waals surface area contributed by atoms with Gasteiger partial charge in [0.15, 0.2) is 6.61 Å². The number of esters is 1. The van der Waals surface area contributed by atoms with Gasteiger partial charge in [0.1, 0.15) is 5.75 Å². The van der Waals surface area contributed by atoms with Crippen molar-refractivity contribution in [3.05, 3.63) is 95.0 Å². The molecule has 0 spiro atoms. The fourth-order valence-corrected chi connectivity index (χ4v) is 3.59. The first-order chi connectivity index (χ1) is 16.0. The third-order valence-electron chi connectivity index (χ3n) is 5.07. The molecule has 1 N–H and O–H groups in total. The number of para-hydroxylation sites is 1. The monoisotopic (exact) mass is 460 g/mol. The number of carbonyl (C=O) groups is 2. The fourth-order valence-electron chi connectivity index (χ4n) is 3.36. The summed E-state index contributed by atoms with van der Waals surface area (Å²) in [5.41, 5.74) is 3.11. The number of halogens is 1. The van der Waals surface area contributed by atoms with Crippen LogP contribution in [0.4, 0.5) is 0 Å². The maximum atomic E-state index is 12.9.